The molecule has 0 fully saturated rings. The third-order valence-corrected chi connectivity index (χ3v) is 3.13. The zero-order chi connectivity index (χ0) is 12.5. The maximum absolute atomic E-state index is 11.5. The van der Waals surface area contributed by atoms with Crippen molar-refractivity contribution in [2.45, 2.75) is 65.3 Å². The zero-order valence-electron chi connectivity index (χ0n) is 11.2. The average molecular weight is 235 g/mol. The molecule has 0 amide bonds. The van der Waals surface area contributed by atoms with Gasteiger partial charge < -0.3 is 4.57 Å². The predicted octanol–water partition coefficient (Wildman–Crippen LogP) is 3.91. The molecule has 0 unspecified atom stereocenters. The summed E-state index contributed by atoms with van der Waals surface area (Å²) in [7, 11) is 0. The largest absolute Gasteiger partial charge is 0.315 e. The summed E-state index contributed by atoms with van der Waals surface area (Å²) in [5, 5.41) is 0. The fourth-order valence-corrected chi connectivity index (χ4v) is 2.06. The van der Waals surface area contributed by atoms with Crippen LogP contribution in [0.2, 0.25) is 0 Å². The molecule has 0 aromatic carbocycles. The van der Waals surface area contributed by atoms with Crippen LogP contribution in [-0.2, 0) is 6.54 Å². The van der Waals surface area contributed by atoms with Gasteiger partial charge in [0.25, 0.3) is 5.56 Å². The summed E-state index contributed by atoms with van der Waals surface area (Å²) in [6, 6.07) is 3.54. The molecule has 0 atom stereocenters. The Morgan fingerprint density at radius 1 is 1.00 bits per heavy atom. The maximum atomic E-state index is 11.5. The lowest BCUT2D eigenvalue weighted by Crippen LogP contribution is -2.18. The Morgan fingerprint density at radius 3 is 2.35 bits per heavy atom. The average Bonchev–Trinajstić information content (AvgIpc) is 2.32. The lowest BCUT2D eigenvalue weighted by atomic mass is 10.1. The van der Waals surface area contributed by atoms with Crippen molar-refractivity contribution in [1.82, 2.24) is 4.57 Å². The fourth-order valence-electron chi connectivity index (χ4n) is 2.06. The molecule has 0 radical (unpaired) electrons. The van der Waals surface area contributed by atoms with E-state index in [4.69, 9.17) is 0 Å². The first-order valence-electron chi connectivity index (χ1n) is 6.91. The Bertz CT molecular complexity index is 367. The van der Waals surface area contributed by atoms with Crippen molar-refractivity contribution in [2.24, 2.45) is 0 Å². The van der Waals surface area contributed by atoms with Gasteiger partial charge in [0.1, 0.15) is 0 Å². The van der Waals surface area contributed by atoms with E-state index >= 15 is 0 Å². The molecule has 2 heteroatoms. The molecule has 17 heavy (non-hydrogen) atoms. The standard InChI is InChI=1S/C15H25NO/c1-3-4-5-6-7-8-9-12-16-13-14(2)10-11-15(16)17/h10-11,13H,3-9,12H2,1-2H3. The number of unbranched alkanes of at least 4 members (excludes halogenated alkanes) is 6. The van der Waals surface area contributed by atoms with Crippen LogP contribution in [-0.4, -0.2) is 4.57 Å². The number of pyridine rings is 1. The summed E-state index contributed by atoms with van der Waals surface area (Å²) in [6.45, 7) is 5.14. The minimum atomic E-state index is 0.126. The highest BCUT2D eigenvalue weighted by atomic mass is 16.1. The van der Waals surface area contributed by atoms with Gasteiger partial charge in [-0.05, 0) is 18.9 Å². The lowest BCUT2D eigenvalue weighted by Gasteiger charge is -2.06. The Morgan fingerprint density at radius 2 is 1.65 bits per heavy atom. The van der Waals surface area contributed by atoms with Crippen LogP contribution < -0.4 is 5.56 Å². The van der Waals surface area contributed by atoms with Gasteiger partial charge in [0.05, 0.1) is 0 Å². The second-order valence-electron chi connectivity index (χ2n) is 4.86. The number of aromatic nitrogens is 1. The number of hydrogen-bond donors (Lipinski definition) is 0. The van der Waals surface area contributed by atoms with Crippen molar-refractivity contribution in [3.05, 3.63) is 34.2 Å². The molecule has 0 N–H and O–H groups in total. The summed E-state index contributed by atoms with van der Waals surface area (Å²) in [4.78, 5) is 11.5. The molecule has 0 bridgehead atoms. The van der Waals surface area contributed by atoms with Crippen LogP contribution in [0.1, 0.15) is 57.4 Å². The Hall–Kier alpha value is -1.05. The summed E-state index contributed by atoms with van der Waals surface area (Å²) < 4.78 is 1.83. The van der Waals surface area contributed by atoms with E-state index in [0.717, 1.165) is 18.5 Å². The van der Waals surface area contributed by atoms with Gasteiger partial charge in [-0.3, -0.25) is 4.79 Å². The number of aryl methyl sites for hydroxylation is 2. The molecule has 1 heterocycles. The van der Waals surface area contributed by atoms with E-state index in [1.54, 1.807) is 6.07 Å². The molecule has 2 nitrogen and oxygen atoms in total. The number of hydrogen-bond acceptors (Lipinski definition) is 1. The molecule has 96 valence electrons. The van der Waals surface area contributed by atoms with Crippen molar-refractivity contribution in [1.29, 1.82) is 0 Å². The molecular formula is C15H25NO. The molecule has 1 aromatic heterocycles. The van der Waals surface area contributed by atoms with Crippen molar-refractivity contribution >= 4 is 0 Å². The van der Waals surface area contributed by atoms with Gasteiger partial charge in [-0.2, -0.15) is 0 Å². The summed E-state index contributed by atoms with van der Waals surface area (Å²) in [6.07, 6.45) is 11.0. The van der Waals surface area contributed by atoms with Gasteiger partial charge in [0, 0.05) is 18.8 Å². The first kappa shape index (κ1) is 14.0. The minimum absolute atomic E-state index is 0.126. The van der Waals surface area contributed by atoms with Crippen LogP contribution in [0.3, 0.4) is 0 Å². The Labute approximate surface area is 105 Å². The molecule has 0 saturated carbocycles. The van der Waals surface area contributed by atoms with Crippen molar-refractivity contribution < 1.29 is 0 Å². The predicted molar refractivity (Wildman–Crippen MR) is 73.4 cm³/mol. The van der Waals surface area contributed by atoms with Crippen LogP contribution in [0.4, 0.5) is 0 Å². The van der Waals surface area contributed by atoms with Crippen molar-refractivity contribution in [3.8, 4) is 0 Å². The van der Waals surface area contributed by atoms with Gasteiger partial charge in [0.2, 0.25) is 0 Å². The van der Waals surface area contributed by atoms with E-state index < -0.39 is 0 Å². The molecule has 0 saturated heterocycles. The second-order valence-corrected chi connectivity index (χ2v) is 4.86. The Kier molecular flexibility index (Phi) is 6.68. The molecule has 1 aromatic rings. The third-order valence-electron chi connectivity index (χ3n) is 3.13. The molecule has 0 aliphatic rings. The van der Waals surface area contributed by atoms with E-state index in [1.165, 1.54) is 38.5 Å². The second kappa shape index (κ2) is 8.10. The Balaban J connectivity index is 2.18. The highest BCUT2D eigenvalue weighted by molar-refractivity contribution is 5.06. The summed E-state index contributed by atoms with van der Waals surface area (Å²) >= 11 is 0. The quantitative estimate of drug-likeness (QED) is 0.626. The van der Waals surface area contributed by atoms with Gasteiger partial charge >= 0.3 is 0 Å². The van der Waals surface area contributed by atoms with E-state index in [1.807, 2.05) is 23.8 Å². The van der Waals surface area contributed by atoms with E-state index in [-0.39, 0.29) is 5.56 Å². The van der Waals surface area contributed by atoms with Gasteiger partial charge in [-0.1, -0.05) is 51.5 Å². The molecule has 0 aliphatic carbocycles. The molecule has 0 aliphatic heterocycles. The summed E-state index contributed by atoms with van der Waals surface area (Å²) in [5.41, 5.74) is 1.29. The normalized spacial score (nSPS) is 10.7. The zero-order valence-corrected chi connectivity index (χ0v) is 11.2. The maximum Gasteiger partial charge on any atom is 0.250 e. The van der Waals surface area contributed by atoms with Crippen LogP contribution in [0, 0.1) is 6.92 Å². The van der Waals surface area contributed by atoms with Gasteiger partial charge in [-0.15, -0.1) is 0 Å². The van der Waals surface area contributed by atoms with Crippen molar-refractivity contribution in [3.63, 3.8) is 0 Å². The molecule has 1 rings (SSSR count). The summed E-state index contributed by atoms with van der Waals surface area (Å²) in [5.74, 6) is 0. The first-order chi connectivity index (χ1) is 8.24. The number of rotatable bonds is 8. The smallest absolute Gasteiger partial charge is 0.250 e. The van der Waals surface area contributed by atoms with Crippen LogP contribution >= 0.6 is 0 Å². The third kappa shape index (κ3) is 5.71. The van der Waals surface area contributed by atoms with Crippen LogP contribution in [0.15, 0.2) is 23.1 Å². The monoisotopic (exact) mass is 235 g/mol. The van der Waals surface area contributed by atoms with Crippen molar-refractivity contribution in [2.75, 3.05) is 0 Å². The topological polar surface area (TPSA) is 22.0 Å². The highest BCUT2D eigenvalue weighted by Crippen LogP contribution is 2.07. The van der Waals surface area contributed by atoms with E-state index in [9.17, 15) is 4.79 Å². The van der Waals surface area contributed by atoms with Crippen LogP contribution in [0.5, 0.6) is 0 Å². The SMILES string of the molecule is CCCCCCCCCn1cc(C)ccc1=O. The van der Waals surface area contributed by atoms with E-state index in [0.29, 0.717) is 0 Å². The molecular weight excluding hydrogens is 210 g/mol. The first-order valence-corrected chi connectivity index (χ1v) is 6.91. The van der Waals surface area contributed by atoms with E-state index in [2.05, 4.69) is 6.92 Å². The van der Waals surface area contributed by atoms with Crippen LogP contribution in [0.25, 0.3) is 0 Å². The lowest BCUT2D eigenvalue weighted by molar-refractivity contribution is 0.542. The van der Waals surface area contributed by atoms with Gasteiger partial charge in [0.15, 0.2) is 0 Å². The van der Waals surface area contributed by atoms with Gasteiger partial charge in [-0.25, -0.2) is 0 Å². The fraction of sp³-hybridized carbons (Fsp3) is 0.667. The minimum Gasteiger partial charge on any atom is -0.315 e. The highest BCUT2D eigenvalue weighted by Gasteiger charge is 1.96. The molecule has 0 spiro atoms. The number of nitrogens with zero attached hydrogens (tertiary/aromatic N) is 1.